The van der Waals surface area contributed by atoms with Gasteiger partial charge in [-0.3, -0.25) is 0 Å². The van der Waals surface area contributed by atoms with Gasteiger partial charge >= 0.3 is 0 Å². The Hall–Kier alpha value is -2.60. The van der Waals surface area contributed by atoms with Crippen LogP contribution >= 0.6 is 0 Å². The summed E-state index contributed by atoms with van der Waals surface area (Å²) in [5.41, 5.74) is 1.25. The van der Waals surface area contributed by atoms with Crippen molar-refractivity contribution in [2.24, 2.45) is 5.92 Å². The highest BCUT2D eigenvalue weighted by Gasteiger charge is 2.50. The zero-order chi connectivity index (χ0) is 20.7. The van der Waals surface area contributed by atoms with Crippen molar-refractivity contribution in [2.75, 3.05) is 6.61 Å². The van der Waals surface area contributed by atoms with Gasteiger partial charge in [0, 0.05) is 12.5 Å². The van der Waals surface area contributed by atoms with E-state index in [-0.39, 0.29) is 11.0 Å². The number of rotatable bonds is 7. The van der Waals surface area contributed by atoms with Crippen molar-refractivity contribution >= 4 is 18.7 Å². The molecule has 0 heterocycles. The Morgan fingerprint density at radius 1 is 0.793 bits per heavy atom. The van der Waals surface area contributed by atoms with Gasteiger partial charge in [0.2, 0.25) is 0 Å². The first-order chi connectivity index (χ1) is 14.0. The summed E-state index contributed by atoms with van der Waals surface area (Å²) in [6.07, 6.45) is 6.75. The van der Waals surface area contributed by atoms with Crippen LogP contribution in [0.25, 0.3) is 0 Å². The average molecular weight is 399 g/mol. The summed E-state index contributed by atoms with van der Waals surface area (Å²) in [4.78, 5) is 0. The summed E-state index contributed by atoms with van der Waals surface area (Å²) in [5, 5.41) is 2.53. The minimum absolute atomic E-state index is 0.0401. The van der Waals surface area contributed by atoms with Crippen LogP contribution in [0.4, 0.5) is 0 Å². The molecule has 0 spiro atoms. The van der Waals surface area contributed by atoms with Crippen LogP contribution in [0.5, 0.6) is 0 Å². The van der Waals surface area contributed by atoms with Crippen molar-refractivity contribution in [1.82, 2.24) is 0 Å². The van der Waals surface area contributed by atoms with E-state index in [4.69, 9.17) is 10.8 Å². The van der Waals surface area contributed by atoms with Crippen LogP contribution in [0.1, 0.15) is 26.3 Å². The second-order valence-electron chi connectivity index (χ2n) is 8.53. The second-order valence-corrected chi connectivity index (χ2v) is 12.8. The first kappa shape index (κ1) is 21.1. The van der Waals surface area contributed by atoms with E-state index < -0.39 is 8.32 Å². The summed E-state index contributed by atoms with van der Waals surface area (Å²) >= 11 is 0. The van der Waals surface area contributed by atoms with Gasteiger partial charge in [-0.2, -0.15) is 0 Å². The molecule has 0 aliphatic rings. The summed E-state index contributed by atoms with van der Waals surface area (Å²) in [5.74, 6) is 3.02. The topological polar surface area (TPSA) is 9.23 Å². The highest BCUT2D eigenvalue weighted by atomic mass is 28.4. The molecule has 0 radical (unpaired) electrons. The lowest BCUT2D eigenvalue weighted by atomic mass is 10.0. The maximum atomic E-state index is 6.99. The van der Waals surface area contributed by atoms with Gasteiger partial charge in [0.25, 0.3) is 8.32 Å². The van der Waals surface area contributed by atoms with Crippen LogP contribution in [-0.4, -0.2) is 14.9 Å². The fraction of sp³-hybridized carbons (Fsp3) is 0.259. The van der Waals surface area contributed by atoms with Gasteiger partial charge in [0.05, 0.1) is 0 Å². The fourth-order valence-electron chi connectivity index (χ4n) is 4.05. The van der Waals surface area contributed by atoms with Crippen LogP contribution in [-0.2, 0) is 10.8 Å². The summed E-state index contributed by atoms with van der Waals surface area (Å²) in [6.45, 7) is 7.43. The number of hydrogen-bond acceptors (Lipinski definition) is 1. The number of terminal acetylenes is 1. The Morgan fingerprint density at radius 2 is 1.24 bits per heavy atom. The van der Waals surface area contributed by atoms with Crippen LogP contribution in [0.2, 0.25) is 5.04 Å². The Bertz CT molecular complexity index is 882. The van der Waals surface area contributed by atoms with Gasteiger partial charge in [-0.05, 0) is 27.4 Å². The molecular weight excluding hydrogens is 368 g/mol. The van der Waals surface area contributed by atoms with Crippen LogP contribution < -0.4 is 10.4 Å². The number of hydrogen-bond donors (Lipinski definition) is 0. The van der Waals surface area contributed by atoms with Crippen LogP contribution in [0, 0.1) is 18.3 Å². The first-order valence-corrected chi connectivity index (χ1v) is 12.1. The Kier molecular flexibility index (Phi) is 6.74. The van der Waals surface area contributed by atoms with Gasteiger partial charge in [0.1, 0.15) is 0 Å². The third kappa shape index (κ3) is 4.70. The average Bonchev–Trinajstić information content (AvgIpc) is 2.74. The highest BCUT2D eigenvalue weighted by Crippen LogP contribution is 2.37. The Labute approximate surface area is 176 Å². The van der Waals surface area contributed by atoms with Gasteiger partial charge in [-0.25, -0.2) is 0 Å². The molecule has 0 aliphatic heterocycles. The van der Waals surface area contributed by atoms with E-state index in [1.54, 1.807) is 0 Å². The van der Waals surface area contributed by atoms with Crippen molar-refractivity contribution in [3.8, 4) is 12.3 Å². The standard InChI is InChI=1S/C27H30OSi/c1-5-23(21-24-15-9-6-10-16-24)22-28-29(27(2,3)4,25-17-11-7-12-18-25)26-19-13-8-14-20-26/h1,6-20,23H,21-22H2,2-4H3/t23-/m1/s1. The molecule has 0 bridgehead atoms. The SMILES string of the molecule is C#C[C@@H](CO[Si](c1ccccc1)(c1ccccc1)C(C)(C)C)Cc1ccccc1. The predicted molar refractivity (Wildman–Crippen MR) is 126 cm³/mol. The van der Waals surface area contributed by atoms with E-state index in [9.17, 15) is 0 Å². The van der Waals surface area contributed by atoms with E-state index in [0.29, 0.717) is 6.61 Å². The lowest BCUT2D eigenvalue weighted by Gasteiger charge is -2.43. The molecule has 3 aromatic carbocycles. The molecule has 3 aromatic rings. The smallest absolute Gasteiger partial charge is 0.261 e. The van der Waals surface area contributed by atoms with Crippen LogP contribution in [0.15, 0.2) is 91.0 Å². The molecule has 29 heavy (non-hydrogen) atoms. The maximum Gasteiger partial charge on any atom is 0.261 e. The van der Waals surface area contributed by atoms with E-state index >= 15 is 0 Å². The van der Waals surface area contributed by atoms with E-state index in [1.165, 1.54) is 15.9 Å². The quantitative estimate of drug-likeness (QED) is 0.399. The summed E-state index contributed by atoms with van der Waals surface area (Å²) < 4.78 is 6.99. The minimum Gasteiger partial charge on any atom is -0.406 e. The highest BCUT2D eigenvalue weighted by molar-refractivity contribution is 6.99. The molecule has 0 unspecified atom stereocenters. The Balaban J connectivity index is 1.98. The van der Waals surface area contributed by atoms with Gasteiger partial charge in [-0.15, -0.1) is 12.3 Å². The molecule has 1 atom stereocenters. The molecule has 2 heteroatoms. The zero-order valence-corrected chi connectivity index (χ0v) is 18.6. The zero-order valence-electron chi connectivity index (χ0n) is 17.6. The third-order valence-electron chi connectivity index (χ3n) is 5.48. The molecule has 148 valence electrons. The largest absolute Gasteiger partial charge is 0.406 e. The molecule has 0 saturated carbocycles. The summed E-state index contributed by atoms with van der Waals surface area (Å²) in [7, 11) is -2.54. The Morgan fingerprint density at radius 3 is 1.66 bits per heavy atom. The van der Waals surface area contributed by atoms with Crippen molar-refractivity contribution in [2.45, 2.75) is 32.2 Å². The lowest BCUT2D eigenvalue weighted by Crippen LogP contribution is -2.66. The van der Waals surface area contributed by atoms with Crippen molar-refractivity contribution < 1.29 is 4.43 Å². The third-order valence-corrected chi connectivity index (χ3v) is 10.5. The normalized spacial score (nSPS) is 12.9. The van der Waals surface area contributed by atoms with E-state index in [1.807, 2.05) is 6.07 Å². The first-order valence-electron chi connectivity index (χ1n) is 10.2. The monoisotopic (exact) mass is 398 g/mol. The second kappa shape index (κ2) is 9.26. The molecule has 1 nitrogen and oxygen atoms in total. The van der Waals surface area contributed by atoms with Crippen molar-refractivity contribution in [1.29, 1.82) is 0 Å². The molecule has 0 fully saturated rings. The molecule has 0 aliphatic carbocycles. The number of benzene rings is 3. The van der Waals surface area contributed by atoms with Crippen molar-refractivity contribution in [3.63, 3.8) is 0 Å². The van der Waals surface area contributed by atoms with Crippen molar-refractivity contribution in [3.05, 3.63) is 96.6 Å². The minimum atomic E-state index is -2.54. The fourth-order valence-corrected chi connectivity index (χ4v) is 8.66. The lowest BCUT2D eigenvalue weighted by molar-refractivity contribution is 0.263. The molecule has 0 saturated heterocycles. The summed E-state index contributed by atoms with van der Waals surface area (Å²) in [6, 6.07) is 31.8. The van der Waals surface area contributed by atoms with Gasteiger partial charge < -0.3 is 4.43 Å². The molecular formula is C27H30OSi. The molecule has 0 N–H and O–H groups in total. The van der Waals surface area contributed by atoms with Gasteiger partial charge in [0.15, 0.2) is 0 Å². The van der Waals surface area contributed by atoms with Crippen LogP contribution in [0.3, 0.4) is 0 Å². The van der Waals surface area contributed by atoms with E-state index in [2.05, 4.69) is 112 Å². The maximum absolute atomic E-state index is 6.99. The molecule has 0 aromatic heterocycles. The molecule has 3 rings (SSSR count). The predicted octanol–water partition coefficient (Wildman–Crippen LogP) is 5.06. The molecule has 0 amide bonds. The van der Waals surface area contributed by atoms with E-state index in [0.717, 1.165) is 6.42 Å². The van der Waals surface area contributed by atoms with Gasteiger partial charge in [-0.1, -0.05) is 112 Å².